The highest BCUT2D eigenvalue weighted by molar-refractivity contribution is 4.96. The highest BCUT2D eigenvalue weighted by atomic mass is 19.1. The van der Waals surface area contributed by atoms with Crippen LogP contribution < -0.4 is 0 Å². The number of halogens is 2. The lowest BCUT2D eigenvalue weighted by Gasteiger charge is -2.37. The van der Waals surface area contributed by atoms with Crippen LogP contribution >= 0.6 is 0 Å². The SMILES string of the molecule is COCC1(COCCOC2CC(CO)N(CCCF)C2)CCCN1CCCF. The fourth-order valence-corrected chi connectivity index (χ4v) is 4.55. The maximum Gasteiger partial charge on any atom is 0.0906 e. The Hall–Kier alpha value is -0.380. The van der Waals surface area contributed by atoms with Crippen molar-refractivity contribution in [3.8, 4) is 0 Å². The predicted molar refractivity (Wildman–Crippen MR) is 104 cm³/mol. The molecule has 2 aliphatic rings. The maximum absolute atomic E-state index is 12.6. The standard InChI is InChI=1S/C20H38F2N2O4/c1-26-16-20(5-2-9-24(20)10-4-7-22)17-27-11-12-28-19-13-18(15-25)23(14-19)8-3-6-21/h18-19,25H,2-17H2,1H3. The molecule has 3 atom stereocenters. The topological polar surface area (TPSA) is 54.4 Å². The number of hydrogen-bond acceptors (Lipinski definition) is 6. The number of alkyl halides is 2. The van der Waals surface area contributed by atoms with E-state index in [1.807, 2.05) is 0 Å². The van der Waals surface area contributed by atoms with Gasteiger partial charge in [-0.3, -0.25) is 18.6 Å². The Morgan fingerprint density at radius 1 is 1.11 bits per heavy atom. The van der Waals surface area contributed by atoms with E-state index in [0.29, 0.717) is 45.8 Å². The summed E-state index contributed by atoms with van der Waals surface area (Å²) in [7, 11) is 1.70. The minimum absolute atomic E-state index is 0.0563. The first-order valence-corrected chi connectivity index (χ1v) is 10.6. The third-order valence-corrected chi connectivity index (χ3v) is 5.95. The average molecular weight is 409 g/mol. The van der Waals surface area contributed by atoms with Crippen LogP contribution in [0.4, 0.5) is 8.78 Å². The average Bonchev–Trinajstić information content (AvgIpc) is 3.28. The molecule has 0 aromatic carbocycles. The summed E-state index contributed by atoms with van der Waals surface area (Å²) in [5.41, 5.74) is -0.164. The first-order valence-electron chi connectivity index (χ1n) is 10.6. The van der Waals surface area contributed by atoms with Gasteiger partial charge in [0.15, 0.2) is 0 Å². The van der Waals surface area contributed by atoms with E-state index in [4.69, 9.17) is 14.2 Å². The van der Waals surface area contributed by atoms with Crippen LogP contribution in [0.3, 0.4) is 0 Å². The van der Waals surface area contributed by atoms with Crippen LogP contribution in [0, 0.1) is 0 Å². The summed E-state index contributed by atoms with van der Waals surface area (Å²) in [6, 6.07) is 0.0602. The quantitative estimate of drug-likeness (QED) is 0.416. The van der Waals surface area contributed by atoms with Crippen molar-refractivity contribution < 1.29 is 28.1 Å². The van der Waals surface area contributed by atoms with E-state index in [1.54, 1.807) is 7.11 Å². The number of likely N-dealkylation sites (tertiary alicyclic amines) is 2. The van der Waals surface area contributed by atoms with Gasteiger partial charge in [0, 0.05) is 32.8 Å². The van der Waals surface area contributed by atoms with Gasteiger partial charge in [-0.25, -0.2) is 0 Å². The lowest BCUT2D eigenvalue weighted by Crippen LogP contribution is -2.51. The van der Waals surface area contributed by atoms with Crippen LogP contribution in [-0.4, -0.2) is 112 Å². The van der Waals surface area contributed by atoms with Gasteiger partial charge in [-0.2, -0.15) is 0 Å². The predicted octanol–water partition coefficient (Wildman–Crippen LogP) is 1.65. The first-order chi connectivity index (χ1) is 13.7. The lowest BCUT2D eigenvalue weighted by molar-refractivity contribution is -0.0514. The minimum Gasteiger partial charge on any atom is -0.395 e. The highest BCUT2D eigenvalue weighted by Gasteiger charge is 2.41. The maximum atomic E-state index is 12.6. The van der Waals surface area contributed by atoms with Gasteiger partial charge >= 0.3 is 0 Å². The molecule has 0 saturated carbocycles. The summed E-state index contributed by atoms with van der Waals surface area (Å²) in [4.78, 5) is 4.42. The van der Waals surface area contributed by atoms with Crippen LogP contribution in [0.1, 0.15) is 32.1 Å². The second kappa shape index (κ2) is 13.0. The Kier molecular flexibility index (Phi) is 11.1. The van der Waals surface area contributed by atoms with E-state index in [9.17, 15) is 13.9 Å². The monoisotopic (exact) mass is 408 g/mol. The smallest absolute Gasteiger partial charge is 0.0906 e. The van der Waals surface area contributed by atoms with Gasteiger partial charge in [0.1, 0.15) is 0 Å². The summed E-state index contributed by atoms with van der Waals surface area (Å²) >= 11 is 0. The molecule has 166 valence electrons. The number of aliphatic hydroxyl groups excluding tert-OH is 1. The van der Waals surface area contributed by atoms with Crippen LogP contribution in [0.25, 0.3) is 0 Å². The molecule has 28 heavy (non-hydrogen) atoms. The molecule has 0 aliphatic carbocycles. The van der Waals surface area contributed by atoms with Gasteiger partial charge in [-0.15, -0.1) is 0 Å². The van der Waals surface area contributed by atoms with E-state index in [0.717, 1.165) is 38.9 Å². The van der Waals surface area contributed by atoms with Crippen molar-refractivity contribution >= 4 is 0 Å². The lowest BCUT2D eigenvalue weighted by atomic mass is 9.98. The zero-order valence-electron chi connectivity index (χ0n) is 17.3. The van der Waals surface area contributed by atoms with Crippen molar-refractivity contribution in [2.24, 2.45) is 0 Å². The number of ether oxygens (including phenoxy) is 3. The molecule has 8 heteroatoms. The number of nitrogens with zero attached hydrogens (tertiary/aromatic N) is 2. The summed E-state index contributed by atoms with van der Waals surface area (Å²) in [6.07, 6.45) is 3.94. The van der Waals surface area contributed by atoms with Crippen molar-refractivity contribution in [2.75, 3.05) is 79.7 Å². The molecule has 3 unspecified atom stereocenters. The Bertz CT molecular complexity index is 422. The molecular weight excluding hydrogens is 370 g/mol. The van der Waals surface area contributed by atoms with Gasteiger partial charge < -0.3 is 19.3 Å². The number of rotatable bonds is 15. The molecule has 2 aliphatic heterocycles. The van der Waals surface area contributed by atoms with E-state index in [2.05, 4.69) is 9.80 Å². The highest BCUT2D eigenvalue weighted by Crippen LogP contribution is 2.30. The molecule has 2 rings (SSSR count). The summed E-state index contributed by atoms with van der Waals surface area (Å²) in [6.45, 7) is 4.67. The Morgan fingerprint density at radius 3 is 2.61 bits per heavy atom. The molecule has 6 nitrogen and oxygen atoms in total. The molecule has 0 radical (unpaired) electrons. The molecule has 2 heterocycles. The molecule has 1 N–H and O–H groups in total. The Balaban J connectivity index is 1.69. The fraction of sp³-hybridized carbons (Fsp3) is 1.00. The van der Waals surface area contributed by atoms with Crippen molar-refractivity contribution in [3.63, 3.8) is 0 Å². The van der Waals surface area contributed by atoms with Gasteiger partial charge in [0.2, 0.25) is 0 Å². The van der Waals surface area contributed by atoms with E-state index in [-0.39, 0.29) is 37.6 Å². The largest absolute Gasteiger partial charge is 0.395 e. The molecule has 0 amide bonds. The van der Waals surface area contributed by atoms with Crippen molar-refractivity contribution in [3.05, 3.63) is 0 Å². The molecule has 0 aromatic rings. The number of methoxy groups -OCH3 is 1. The fourth-order valence-electron chi connectivity index (χ4n) is 4.55. The minimum atomic E-state index is -0.334. The molecule has 2 fully saturated rings. The summed E-state index contributed by atoms with van der Waals surface area (Å²) in [5, 5.41) is 9.49. The summed E-state index contributed by atoms with van der Waals surface area (Å²) < 4.78 is 42.3. The van der Waals surface area contributed by atoms with E-state index in [1.165, 1.54) is 0 Å². The van der Waals surface area contributed by atoms with Gasteiger partial charge in [0.05, 0.1) is 58.0 Å². The molecule has 2 saturated heterocycles. The molecular formula is C20H38F2N2O4. The number of aliphatic hydroxyl groups is 1. The Morgan fingerprint density at radius 2 is 1.89 bits per heavy atom. The van der Waals surface area contributed by atoms with Crippen molar-refractivity contribution in [2.45, 2.75) is 49.8 Å². The van der Waals surface area contributed by atoms with Gasteiger partial charge in [-0.05, 0) is 38.6 Å². The molecule has 0 spiro atoms. The number of hydrogen-bond donors (Lipinski definition) is 1. The van der Waals surface area contributed by atoms with Crippen LogP contribution in [0.2, 0.25) is 0 Å². The zero-order chi connectivity index (χ0) is 20.2. The second-order valence-electron chi connectivity index (χ2n) is 7.95. The van der Waals surface area contributed by atoms with E-state index >= 15 is 0 Å². The normalized spacial score (nSPS) is 29.1. The molecule has 0 bridgehead atoms. The van der Waals surface area contributed by atoms with E-state index < -0.39 is 0 Å². The first kappa shape index (κ1) is 23.9. The van der Waals surface area contributed by atoms with Gasteiger partial charge in [0.25, 0.3) is 0 Å². The van der Waals surface area contributed by atoms with Gasteiger partial charge in [-0.1, -0.05) is 0 Å². The van der Waals surface area contributed by atoms with Crippen LogP contribution in [-0.2, 0) is 14.2 Å². The zero-order valence-corrected chi connectivity index (χ0v) is 17.3. The third kappa shape index (κ3) is 6.85. The van der Waals surface area contributed by atoms with Crippen LogP contribution in [0.5, 0.6) is 0 Å². The van der Waals surface area contributed by atoms with Crippen LogP contribution in [0.15, 0.2) is 0 Å². The third-order valence-electron chi connectivity index (χ3n) is 5.95. The van der Waals surface area contributed by atoms with Crippen molar-refractivity contribution in [1.29, 1.82) is 0 Å². The second-order valence-corrected chi connectivity index (χ2v) is 7.95. The molecule has 0 aromatic heterocycles. The Labute approximate surface area is 168 Å². The summed E-state index contributed by atoms with van der Waals surface area (Å²) in [5.74, 6) is 0. The van der Waals surface area contributed by atoms with Crippen molar-refractivity contribution in [1.82, 2.24) is 9.80 Å².